The maximum atomic E-state index is 12.7. The highest BCUT2D eigenvalue weighted by Gasteiger charge is 2.62. The molecule has 0 bridgehead atoms. The lowest BCUT2D eigenvalue weighted by Gasteiger charge is -2.28. The maximum absolute atomic E-state index is 12.7. The second kappa shape index (κ2) is 5.75. The van der Waals surface area contributed by atoms with Crippen LogP contribution >= 0.6 is 0 Å². The summed E-state index contributed by atoms with van der Waals surface area (Å²) in [5, 5.41) is 0. The molecule has 0 saturated carbocycles. The third-order valence-corrected chi connectivity index (χ3v) is 4.99. The molecular weight excluding hydrogens is 373 g/mol. The minimum atomic E-state index is -5.86. The van der Waals surface area contributed by atoms with Crippen molar-refractivity contribution in [3.63, 3.8) is 0 Å². The maximum Gasteiger partial charge on any atom is 0.523 e. The zero-order chi connectivity index (χ0) is 18.8. The van der Waals surface area contributed by atoms with Crippen molar-refractivity contribution < 1.29 is 49.5 Å². The van der Waals surface area contributed by atoms with Crippen LogP contribution in [0.4, 0.5) is 13.2 Å². The summed E-state index contributed by atoms with van der Waals surface area (Å²) < 4.78 is 93.0. The molecule has 0 aromatic heterocycles. The molecule has 146 valence electrons. The van der Waals surface area contributed by atoms with Gasteiger partial charge in [-0.3, -0.25) is 4.18 Å². The summed E-state index contributed by atoms with van der Waals surface area (Å²) in [5.74, 6) is -2.14. The number of hydrogen-bond donors (Lipinski definition) is 0. The average molecular weight is 392 g/mol. The molecule has 3 fully saturated rings. The van der Waals surface area contributed by atoms with Crippen molar-refractivity contribution in [2.75, 3.05) is 6.61 Å². The quantitative estimate of drug-likeness (QED) is 0.524. The van der Waals surface area contributed by atoms with E-state index in [1.165, 1.54) is 13.8 Å². The van der Waals surface area contributed by atoms with Gasteiger partial charge in [0.15, 0.2) is 17.9 Å². The van der Waals surface area contributed by atoms with Crippen LogP contribution in [0.1, 0.15) is 27.7 Å². The molecule has 1 unspecified atom stereocenters. The number of fused-ring (bicyclic) bond motifs is 1. The van der Waals surface area contributed by atoms with Gasteiger partial charge in [-0.15, -0.1) is 0 Å². The first-order valence-electron chi connectivity index (χ1n) is 7.53. The molecular formula is C13H19F3O8S. The van der Waals surface area contributed by atoms with Crippen LogP contribution in [-0.2, 0) is 38.0 Å². The van der Waals surface area contributed by atoms with Gasteiger partial charge in [0.05, 0.1) is 6.61 Å². The first-order chi connectivity index (χ1) is 11.2. The fraction of sp³-hybridized carbons (Fsp3) is 1.00. The Bertz CT molecular complexity index is 632. The fourth-order valence-electron chi connectivity index (χ4n) is 2.99. The molecule has 0 N–H and O–H groups in total. The van der Waals surface area contributed by atoms with E-state index < -0.39 is 57.9 Å². The molecule has 3 saturated heterocycles. The van der Waals surface area contributed by atoms with Gasteiger partial charge in [-0.1, -0.05) is 0 Å². The van der Waals surface area contributed by atoms with Crippen molar-refractivity contribution in [3.8, 4) is 0 Å². The standard InChI is InChI=1S/C13H19F3O8S/c1-11(2)19-5-6(21-11)7-8(24-25(17,18)13(14,15)16)9-10(20-7)23-12(3,4)22-9/h6-10H,5H2,1-4H3/t6-,7?,8+,9-,10-/m1/s1. The molecule has 0 amide bonds. The van der Waals surface area contributed by atoms with Gasteiger partial charge >= 0.3 is 15.6 Å². The Hall–Kier alpha value is -0.500. The molecule has 3 rings (SSSR count). The van der Waals surface area contributed by atoms with Gasteiger partial charge < -0.3 is 23.7 Å². The molecule has 3 heterocycles. The van der Waals surface area contributed by atoms with Crippen molar-refractivity contribution in [1.82, 2.24) is 0 Å². The predicted molar refractivity (Wildman–Crippen MR) is 73.4 cm³/mol. The Morgan fingerprint density at radius 3 is 2.16 bits per heavy atom. The normalized spacial score (nSPS) is 40.4. The molecule has 3 aliphatic rings. The molecule has 0 aliphatic carbocycles. The largest absolute Gasteiger partial charge is 0.523 e. The van der Waals surface area contributed by atoms with Gasteiger partial charge in [0.2, 0.25) is 0 Å². The van der Waals surface area contributed by atoms with E-state index in [1.54, 1.807) is 13.8 Å². The van der Waals surface area contributed by atoms with Gasteiger partial charge in [0.25, 0.3) is 0 Å². The van der Waals surface area contributed by atoms with Crippen LogP contribution in [0.15, 0.2) is 0 Å². The Labute approximate surface area is 142 Å². The van der Waals surface area contributed by atoms with Gasteiger partial charge in [0.1, 0.15) is 24.4 Å². The molecule has 0 aromatic carbocycles. The van der Waals surface area contributed by atoms with Gasteiger partial charge in [-0.05, 0) is 27.7 Å². The highest BCUT2D eigenvalue weighted by molar-refractivity contribution is 7.87. The third kappa shape index (κ3) is 3.66. The van der Waals surface area contributed by atoms with E-state index >= 15 is 0 Å². The number of hydrogen-bond acceptors (Lipinski definition) is 8. The minimum Gasteiger partial charge on any atom is -0.348 e. The van der Waals surface area contributed by atoms with Crippen LogP contribution in [0.2, 0.25) is 0 Å². The second-order valence-electron chi connectivity index (χ2n) is 6.90. The van der Waals surface area contributed by atoms with E-state index in [1.807, 2.05) is 0 Å². The van der Waals surface area contributed by atoms with Crippen LogP contribution in [-0.4, -0.2) is 62.8 Å². The van der Waals surface area contributed by atoms with E-state index in [0.717, 1.165) is 0 Å². The van der Waals surface area contributed by atoms with Crippen LogP contribution in [0.25, 0.3) is 0 Å². The van der Waals surface area contributed by atoms with Crippen molar-refractivity contribution in [1.29, 1.82) is 0 Å². The van der Waals surface area contributed by atoms with Crippen LogP contribution in [0.3, 0.4) is 0 Å². The fourth-order valence-corrected chi connectivity index (χ4v) is 3.61. The number of alkyl halides is 3. The molecule has 25 heavy (non-hydrogen) atoms. The van der Waals surface area contributed by atoms with E-state index in [-0.39, 0.29) is 6.61 Å². The summed E-state index contributed by atoms with van der Waals surface area (Å²) in [4.78, 5) is 0. The monoisotopic (exact) mass is 392 g/mol. The van der Waals surface area contributed by atoms with Gasteiger partial charge in [0, 0.05) is 0 Å². The molecule has 0 aromatic rings. The smallest absolute Gasteiger partial charge is 0.348 e. The van der Waals surface area contributed by atoms with Crippen molar-refractivity contribution >= 4 is 10.1 Å². The van der Waals surface area contributed by atoms with E-state index in [0.29, 0.717) is 0 Å². The lowest BCUT2D eigenvalue weighted by atomic mass is 10.1. The zero-order valence-electron chi connectivity index (χ0n) is 13.9. The predicted octanol–water partition coefficient (Wildman–Crippen LogP) is 1.25. The Morgan fingerprint density at radius 2 is 1.64 bits per heavy atom. The molecule has 0 radical (unpaired) electrons. The molecule has 5 atom stereocenters. The number of halogens is 3. The van der Waals surface area contributed by atoms with E-state index in [9.17, 15) is 21.6 Å². The Balaban J connectivity index is 1.86. The summed E-state index contributed by atoms with van der Waals surface area (Å²) in [6.07, 6.45) is -5.86. The van der Waals surface area contributed by atoms with Crippen LogP contribution in [0, 0.1) is 0 Å². The third-order valence-electron chi connectivity index (χ3n) is 3.95. The lowest BCUT2D eigenvalue weighted by Crippen LogP contribution is -2.46. The molecule has 8 nitrogen and oxygen atoms in total. The molecule has 3 aliphatic heterocycles. The zero-order valence-corrected chi connectivity index (χ0v) is 14.7. The van der Waals surface area contributed by atoms with Gasteiger partial charge in [-0.2, -0.15) is 21.6 Å². The van der Waals surface area contributed by atoms with Crippen LogP contribution < -0.4 is 0 Å². The first kappa shape index (κ1) is 19.3. The van der Waals surface area contributed by atoms with Crippen LogP contribution in [0.5, 0.6) is 0 Å². The van der Waals surface area contributed by atoms with Crippen molar-refractivity contribution in [3.05, 3.63) is 0 Å². The summed E-state index contributed by atoms with van der Waals surface area (Å²) >= 11 is 0. The lowest BCUT2D eigenvalue weighted by molar-refractivity contribution is -0.230. The average Bonchev–Trinajstić information content (AvgIpc) is 2.99. The highest BCUT2D eigenvalue weighted by atomic mass is 32.2. The second-order valence-corrected chi connectivity index (χ2v) is 8.46. The first-order valence-corrected chi connectivity index (χ1v) is 8.94. The topological polar surface area (TPSA) is 89.5 Å². The summed E-state index contributed by atoms with van der Waals surface area (Å²) in [7, 11) is -5.86. The number of rotatable bonds is 3. The highest BCUT2D eigenvalue weighted by Crippen LogP contribution is 2.43. The summed E-state index contributed by atoms with van der Waals surface area (Å²) in [5.41, 5.74) is -5.57. The van der Waals surface area contributed by atoms with Crippen molar-refractivity contribution in [2.45, 2.75) is 75.5 Å². The van der Waals surface area contributed by atoms with E-state index in [4.69, 9.17) is 23.7 Å². The minimum absolute atomic E-state index is 0.00751. The van der Waals surface area contributed by atoms with Crippen molar-refractivity contribution in [2.24, 2.45) is 0 Å². The Morgan fingerprint density at radius 1 is 1.00 bits per heavy atom. The SMILES string of the molecule is CC1(C)O[C@H]2OC([C@H]3COC(C)(C)O3)[C@H](OS(=O)(=O)C(F)(F)F)[C@H]2O1. The molecule has 0 spiro atoms. The summed E-state index contributed by atoms with van der Waals surface area (Å²) in [6.45, 7) is 6.27. The van der Waals surface area contributed by atoms with E-state index in [2.05, 4.69) is 4.18 Å². The molecule has 12 heteroatoms. The Kier molecular flexibility index (Phi) is 4.43. The number of ether oxygens (including phenoxy) is 5. The van der Waals surface area contributed by atoms with Gasteiger partial charge in [-0.25, -0.2) is 0 Å². The summed E-state index contributed by atoms with van der Waals surface area (Å²) in [6, 6.07) is 0.